The minimum absolute atomic E-state index is 0. The summed E-state index contributed by atoms with van der Waals surface area (Å²) in [6.45, 7) is 4.41. The van der Waals surface area contributed by atoms with Crippen molar-refractivity contribution in [3.8, 4) is 11.8 Å². The molecule has 1 fully saturated rings. The first-order valence-electron chi connectivity index (χ1n) is 13.4. The highest BCUT2D eigenvalue weighted by molar-refractivity contribution is 5.86. The van der Waals surface area contributed by atoms with Crippen molar-refractivity contribution in [2.75, 3.05) is 27.2 Å². The van der Waals surface area contributed by atoms with Gasteiger partial charge >= 0.3 is 0 Å². The molecule has 4 aromatic rings. The summed E-state index contributed by atoms with van der Waals surface area (Å²) in [6.07, 6.45) is 6.21. The number of fused-ring (bicyclic) bond motifs is 1. The molecule has 0 saturated carbocycles. The first kappa shape index (κ1) is 31.4. The lowest BCUT2D eigenvalue weighted by atomic mass is 9.91. The highest BCUT2D eigenvalue weighted by Gasteiger charge is 2.22. The summed E-state index contributed by atoms with van der Waals surface area (Å²) in [7, 11) is 4.07. The van der Waals surface area contributed by atoms with Crippen molar-refractivity contribution in [1.82, 2.24) is 19.9 Å². The van der Waals surface area contributed by atoms with Crippen molar-refractivity contribution in [2.24, 2.45) is 5.92 Å². The van der Waals surface area contributed by atoms with Gasteiger partial charge in [-0.2, -0.15) is 5.26 Å². The normalized spacial score (nSPS) is 13.9. The molecule has 7 nitrogen and oxygen atoms in total. The van der Waals surface area contributed by atoms with Crippen molar-refractivity contribution < 1.29 is 9.26 Å². The van der Waals surface area contributed by atoms with Crippen LogP contribution >= 0.6 is 24.8 Å². The van der Waals surface area contributed by atoms with Gasteiger partial charge in [-0.15, -0.1) is 24.8 Å². The molecule has 212 valence electrons. The summed E-state index contributed by atoms with van der Waals surface area (Å²) in [5, 5.41) is 14.5. The van der Waals surface area contributed by atoms with Gasteiger partial charge < -0.3 is 14.2 Å². The molecule has 5 rings (SSSR count). The molecule has 0 amide bonds. The average Bonchev–Trinajstić information content (AvgIpc) is 3.36. The quantitative estimate of drug-likeness (QED) is 0.213. The maximum atomic E-state index is 8.96. The number of benzene rings is 2. The topological polar surface area (TPSA) is 78.4 Å². The third kappa shape index (κ3) is 7.96. The number of hydrogen-bond donors (Lipinski definition) is 0. The number of halogens is 2. The van der Waals surface area contributed by atoms with Crippen LogP contribution in [0.2, 0.25) is 0 Å². The van der Waals surface area contributed by atoms with Gasteiger partial charge in [-0.1, -0.05) is 41.6 Å². The monoisotopic (exact) mass is 581 g/mol. The van der Waals surface area contributed by atoms with Gasteiger partial charge in [0.05, 0.1) is 11.3 Å². The molecule has 0 aliphatic carbocycles. The minimum Gasteiger partial charge on any atom is -0.488 e. The van der Waals surface area contributed by atoms with Gasteiger partial charge in [-0.05, 0) is 82.5 Å². The van der Waals surface area contributed by atoms with Crippen molar-refractivity contribution in [3.63, 3.8) is 0 Å². The number of aryl methyl sites for hydroxylation is 1. The smallest absolute Gasteiger partial charge is 0.175 e. The molecule has 0 N–H and O–H groups in total. The number of nitriles is 1. The second kappa shape index (κ2) is 15.0. The van der Waals surface area contributed by atoms with Gasteiger partial charge in [0.2, 0.25) is 0 Å². The van der Waals surface area contributed by atoms with Crippen LogP contribution in [0, 0.1) is 17.2 Å². The van der Waals surface area contributed by atoms with Crippen LogP contribution in [0.25, 0.3) is 11.0 Å². The van der Waals surface area contributed by atoms with Crippen molar-refractivity contribution in [3.05, 3.63) is 88.9 Å². The standard InChI is InChI=1S/C31H35N5O2.2ClH/c1-35(2)21-28-30(37-22-25-8-10-26(18-32)33-19-25)13-11-27-29(34-38-31(27)28)12-9-23-14-16-36(17-15-23)20-24-6-4-3-5-7-24;;/h3-8,10-11,13,19,23H,9,12,14-17,20-22H2,1-2H3;2*1H. The Hall–Kier alpha value is -3.15. The Morgan fingerprint density at radius 2 is 1.80 bits per heavy atom. The van der Waals surface area contributed by atoms with E-state index in [0.29, 0.717) is 18.8 Å². The van der Waals surface area contributed by atoms with Crippen LogP contribution < -0.4 is 4.74 Å². The van der Waals surface area contributed by atoms with E-state index in [9.17, 15) is 0 Å². The summed E-state index contributed by atoms with van der Waals surface area (Å²) < 4.78 is 12.1. The first-order valence-corrected chi connectivity index (χ1v) is 13.4. The number of nitrogens with zero attached hydrogens (tertiary/aromatic N) is 5. The molecule has 2 aromatic heterocycles. The highest BCUT2D eigenvalue weighted by Crippen LogP contribution is 2.33. The van der Waals surface area contributed by atoms with Gasteiger partial charge in [0.15, 0.2) is 5.58 Å². The molecule has 1 saturated heterocycles. The Balaban J connectivity index is 0.00000220. The molecular formula is C31H37Cl2N5O2. The lowest BCUT2D eigenvalue weighted by Crippen LogP contribution is -2.33. The second-order valence-corrected chi connectivity index (χ2v) is 10.5. The molecule has 0 atom stereocenters. The lowest BCUT2D eigenvalue weighted by Gasteiger charge is -2.31. The maximum Gasteiger partial charge on any atom is 0.175 e. The van der Waals surface area contributed by atoms with Crippen LogP contribution in [0.3, 0.4) is 0 Å². The van der Waals surface area contributed by atoms with Crippen LogP contribution in [0.5, 0.6) is 5.75 Å². The number of likely N-dealkylation sites (tertiary alicyclic amines) is 1. The zero-order chi connectivity index (χ0) is 26.3. The Morgan fingerprint density at radius 1 is 1.02 bits per heavy atom. The summed E-state index contributed by atoms with van der Waals surface area (Å²) in [5.74, 6) is 1.50. The molecule has 0 bridgehead atoms. The number of hydrogen-bond acceptors (Lipinski definition) is 7. The molecule has 3 heterocycles. The molecule has 0 spiro atoms. The molecule has 1 aliphatic heterocycles. The first-order chi connectivity index (χ1) is 18.6. The number of rotatable bonds is 10. The van der Waals surface area contributed by atoms with E-state index in [4.69, 9.17) is 14.5 Å². The third-order valence-corrected chi connectivity index (χ3v) is 7.33. The van der Waals surface area contributed by atoms with E-state index in [1.807, 2.05) is 32.3 Å². The number of aromatic nitrogens is 2. The van der Waals surface area contributed by atoms with Gasteiger partial charge in [-0.25, -0.2) is 4.98 Å². The van der Waals surface area contributed by atoms with Gasteiger partial charge in [0, 0.05) is 30.2 Å². The number of piperidine rings is 1. The predicted molar refractivity (Wildman–Crippen MR) is 162 cm³/mol. The summed E-state index contributed by atoms with van der Waals surface area (Å²) >= 11 is 0. The Morgan fingerprint density at radius 3 is 2.48 bits per heavy atom. The van der Waals surface area contributed by atoms with E-state index >= 15 is 0 Å². The van der Waals surface area contributed by atoms with Gasteiger partial charge in [0.25, 0.3) is 0 Å². The summed E-state index contributed by atoms with van der Waals surface area (Å²) in [4.78, 5) is 8.81. The fourth-order valence-corrected chi connectivity index (χ4v) is 5.23. The van der Waals surface area contributed by atoms with E-state index in [1.165, 1.54) is 18.4 Å². The fraction of sp³-hybridized carbons (Fsp3) is 0.387. The molecule has 40 heavy (non-hydrogen) atoms. The van der Waals surface area contributed by atoms with E-state index in [1.54, 1.807) is 12.3 Å². The SMILES string of the molecule is CN(C)Cc1c(OCc2ccc(C#N)nc2)ccc2c(CCC3CCN(Cc4ccccc4)CC3)noc12.Cl.Cl. The molecule has 9 heteroatoms. The number of ether oxygens (including phenoxy) is 1. The highest BCUT2D eigenvalue weighted by atomic mass is 35.5. The van der Waals surface area contributed by atoms with E-state index < -0.39 is 0 Å². The van der Waals surface area contributed by atoms with Crippen molar-refractivity contribution in [1.29, 1.82) is 5.26 Å². The van der Waals surface area contributed by atoms with Crippen LogP contribution in [-0.4, -0.2) is 47.1 Å². The van der Waals surface area contributed by atoms with Gasteiger partial charge in [0.1, 0.15) is 24.1 Å². The molecule has 0 unspecified atom stereocenters. The van der Waals surface area contributed by atoms with E-state index in [0.717, 1.165) is 71.9 Å². The van der Waals surface area contributed by atoms with Crippen LogP contribution in [0.4, 0.5) is 0 Å². The zero-order valence-electron chi connectivity index (χ0n) is 23.1. The molecular weight excluding hydrogens is 545 g/mol. The van der Waals surface area contributed by atoms with Crippen molar-refractivity contribution in [2.45, 2.75) is 45.4 Å². The lowest BCUT2D eigenvalue weighted by molar-refractivity contribution is 0.172. The Labute approximate surface area is 248 Å². The largest absolute Gasteiger partial charge is 0.488 e. The van der Waals surface area contributed by atoms with Crippen LogP contribution in [-0.2, 0) is 26.1 Å². The molecule has 0 radical (unpaired) electrons. The average molecular weight is 583 g/mol. The second-order valence-electron chi connectivity index (χ2n) is 10.5. The van der Waals surface area contributed by atoms with E-state index in [-0.39, 0.29) is 24.8 Å². The fourth-order valence-electron chi connectivity index (χ4n) is 5.23. The van der Waals surface area contributed by atoms with Crippen LogP contribution in [0.1, 0.15) is 47.3 Å². The van der Waals surface area contributed by atoms with Crippen LogP contribution in [0.15, 0.2) is 65.3 Å². The Bertz CT molecular complexity index is 1380. The maximum absolute atomic E-state index is 8.96. The molecule has 1 aliphatic rings. The third-order valence-electron chi connectivity index (χ3n) is 7.33. The van der Waals surface area contributed by atoms with Crippen molar-refractivity contribution >= 4 is 35.8 Å². The molecule has 2 aromatic carbocycles. The number of pyridine rings is 1. The summed E-state index contributed by atoms with van der Waals surface area (Å²) in [5.41, 5.74) is 5.55. The zero-order valence-corrected chi connectivity index (χ0v) is 24.7. The minimum atomic E-state index is 0. The summed E-state index contributed by atoms with van der Waals surface area (Å²) in [6, 6.07) is 20.5. The van der Waals surface area contributed by atoms with E-state index in [2.05, 4.69) is 56.3 Å². The predicted octanol–water partition coefficient (Wildman–Crippen LogP) is 6.42. The Kier molecular flexibility index (Phi) is 11.8. The van der Waals surface area contributed by atoms with Gasteiger partial charge in [-0.3, -0.25) is 4.90 Å².